The van der Waals surface area contributed by atoms with Crippen LogP contribution in [0.3, 0.4) is 0 Å². The molecule has 27 heavy (non-hydrogen) atoms. The Balaban J connectivity index is 1.88. The topological polar surface area (TPSA) is 58.6 Å². The van der Waals surface area contributed by atoms with Gasteiger partial charge in [-0.2, -0.15) is 0 Å². The average Bonchev–Trinajstić information content (AvgIpc) is 2.62. The molecule has 1 saturated heterocycles. The maximum absolute atomic E-state index is 14.0. The summed E-state index contributed by atoms with van der Waals surface area (Å²) in [6.07, 6.45) is 0. The summed E-state index contributed by atoms with van der Waals surface area (Å²) < 4.78 is 60.6. The number of benzene rings is 2. The molecule has 1 aliphatic heterocycles. The molecule has 0 radical (unpaired) electrons. The standard InChI is InChI=1S/C19H22F2N2O3S/c1-14-2-4-15(5-3-14)18(13-23-8-10-26-11-9-23)22-27(24,25)19-7-6-16(20)12-17(19)21/h2-7,12,18,22H,8-11,13H2,1H3/t18-/m1/s1. The Labute approximate surface area is 158 Å². The Morgan fingerprint density at radius 2 is 1.78 bits per heavy atom. The highest BCUT2D eigenvalue weighted by molar-refractivity contribution is 7.89. The van der Waals surface area contributed by atoms with E-state index in [2.05, 4.69) is 9.62 Å². The van der Waals surface area contributed by atoms with Crippen molar-refractivity contribution in [3.63, 3.8) is 0 Å². The number of morpholine rings is 1. The minimum Gasteiger partial charge on any atom is -0.379 e. The Kier molecular flexibility index (Phi) is 6.21. The molecular weight excluding hydrogens is 374 g/mol. The maximum atomic E-state index is 14.0. The number of nitrogens with one attached hydrogen (secondary N) is 1. The molecule has 1 heterocycles. The lowest BCUT2D eigenvalue weighted by atomic mass is 10.1. The molecule has 0 spiro atoms. The van der Waals surface area contributed by atoms with Crippen LogP contribution in [0.5, 0.6) is 0 Å². The highest BCUT2D eigenvalue weighted by Crippen LogP contribution is 2.22. The fraction of sp³-hybridized carbons (Fsp3) is 0.368. The van der Waals surface area contributed by atoms with Crippen LogP contribution >= 0.6 is 0 Å². The van der Waals surface area contributed by atoms with Gasteiger partial charge < -0.3 is 4.74 Å². The predicted octanol–water partition coefficient (Wildman–Crippen LogP) is 2.63. The van der Waals surface area contributed by atoms with Gasteiger partial charge in [0.1, 0.15) is 16.5 Å². The Morgan fingerprint density at radius 3 is 2.41 bits per heavy atom. The van der Waals surface area contributed by atoms with Gasteiger partial charge in [0.05, 0.1) is 19.3 Å². The molecule has 1 atom stereocenters. The second kappa shape index (κ2) is 8.43. The van der Waals surface area contributed by atoms with E-state index in [0.717, 1.165) is 23.3 Å². The van der Waals surface area contributed by atoms with E-state index in [1.165, 1.54) is 0 Å². The molecule has 8 heteroatoms. The molecule has 0 saturated carbocycles. The Morgan fingerprint density at radius 1 is 1.11 bits per heavy atom. The Hall–Kier alpha value is -1.87. The smallest absolute Gasteiger partial charge is 0.244 e. The largest absolute Gasteiger partial charge is 0.379 e. The number of hydrogen-bond acceptors (Lipinski definition) is 4. The van der Waals surface area contributed by atoms with Crippen molar-refractivity contribution in [3.05, 3.63) is 65.2 Å². The van der Waals surface area contributed by atoms with Crippen molar-refractivity contribution in [2.24, 2.45) is 0 Å². The van der Waals surface area contributed by atoms with Crippen LogP contribution in [0.1, 0.15) is 17.2 Å². The van der Waals surface area contributed by atoms with Crippen LogP contribution in [0, 0.1) is 18.6 Å². The van der Waals surface area contributed by atoms with Crippen LogP contribution in [-0.2, 0) is 14.8 Å². The lowest BCUT2D eigenvalue weighted by Crippen LogP contribution is -2.43. The van der Waals surface area contributed by atoms with Gasteiger partial charge in [-0.15, -0.1) is 0 Å². The minimum absolute atomic E-state index is 0.425. The Bertz CT molecular complexity index is 882. The van der Waals surface area contributed by atoms with E-state index >= 15 is 0 Å². The molecule has 0 bridgehead atoms. The van der Waals surface area contributed by atoms with E-state index < -0.39 is 32.6 Å². The van der Waals surface area contributed by atoms with Crippen molar-refractivity contribution in [1.82, 2.24) is 9.62 Å². The van der Waals surface area contributed by atoms with Gasteiger partial charge in [-0.05, 0) is 24.6 Å². The average molecular weight is 396 g/mol. The highest BCUT2D eigenvalue weighted by atomic mass is 32.2. The summed E-state index contributed by atoms with van der Waals surface area (Å²) in [5.74, 6) is -1.94. The molecule has 0 aliphatic carbocycles. The third-order valence-electron chi connectivity index (χ3n) is 4.51. The first-order chi connectivity index (χ1) is 12.8. The summed E-state index contributed by atoms with van der Waals surface area (Å²) in [4.78, 5) is 1.53. The zero-order valence-corrected chi connectivity index (χ0v) is 15.8. The minimum atomic E-state index is -4.17. The van der Waals surface area contributed by atoms with Crippen LogP contribution in [0.25, 0.3) is 0 Å². The molecule has 2 aromatic carbocycles. The number of ether oxygens (including phenoxy) is 1. The zero-order valence-electron chi connectivity index (χ0n) is 15.0. The van der Waals surface area contributed by atoms with Gasteiger partial charge in [-0.25, -0.2) is 21.9 Å². The molecule has 1 fully saturated rings. The number of aryl methyl sites for hydroxylation is 1. The van der Waals surface area contributed by atoms with E-state index in [4.69, 9.17) is 4.74 Å². The van der Waals surface area contributed by atoms with E-state index in [-0.39, 0.29) is 0 Å². The molecule has 1 N–H and O–H groups in total. The van der Waals surface area contributed by atoms with Crippen molar-refractivity contribution in [2.45, 2.75) is 17.9 Å². The van der Waals surface area contributed by atoms with Gasteiger partial charge in [0.25, 0.3) is 0 Å². The predicted molar refractivity (Wildman–Crippen MR) is 97.9 cm³/mol. The third kappa shape index (κ3) is 5.10. The third-order valence-corrected chi connectivity index (χ3v) is 6.01. The SMILES string of the molecule is Cc1ccc([C@@H](CN2CCOCC2)NS(=O)(=O)c2ccc(F)cc2F)cc1. The lowest BCUT2D eigenvalue weighted by Gasteiger charge is -2.31. The monoisotopic (exact) mass is 396 g/mol. The molecule has 5 nitrogen and oxygen atoms in total. The summed E-state index contributed by atoms with van der Waals surface area (Å²) in [5.41, 5.74) is 1.83. The zero-order chi connectivity index (χ0) is 19.4. The van der Waals surface area contributed by atoms with E-state index in [9.17, 15) is 17.2 Å². The summed E-state index contributed by atoms with van der Waals surface area (Å²) in [6, 6.07) is 9.36. The van der Waals surface area contributed by atoms with Crippen molar-refractivity contribution in [1.29, 1.82) is 0 Å². The first kappa shape index (κ1) is 19.9. The van der Waals surface area contributed by atoms with Crippen LogP contribution < -0.4 is 4.72 Å². The van der Waals surface area contributed by atoms with Crippen molar-refractivity contribution >= 4 is 10.0 Å². The molecule has 0 unspecified atom stereocenters. The van der Waals surface area contributed by atoms with E-state index in [1.54, 1.807) is 0 Å². The second-order valence-corrected chi connectivity index (χ2v) is 8.25. The van der Waals surface area contributed by atoms with Gasteiger partial charge in [0, 0.05) is 25.7 Å². The first-order valence-corrected chi connectivity index (χ1v) is 10.2. The molecular formula is C19H22F2N2O3S. The fourth-order valence-corrected chi connectivity index (χ4v) is 4.27. The molecule has 2 aromatic rings. The van der Waals surface area contributed by atoms with Gasteiger partial charge in [0.15, 0.2) is 0 Å². The van der Waals surface area contributed by atoms with Crippen molar-refractivity contribution in [3.8, 4) is 0 Å². The molecule has 1 aliphatic rings. The van der Waals surface area contributed by atoms with Crippen LogP contribution in [0.2, 0.25) is 0 Å². The fourth-order valence-electron chi connectivity index (χ4n) is 3.00. The highest BCUT2D eigenvalue weighted by Gasteiger charge is 2.26. The number of halogens is 2. The maximum Gasteiger partial charge on any atom is 0.244 e. The molecule has 146 valence electrons. The van der Waals surface area contributed by atoms with E-state index in [1.807, 2.05) is 31.2 Å². The summed E-state index contributed by atoms with van der Waals surface area (Å²) in [5, 5.41) is 0. The summed E-state index contributed by atoms with van der Waals surface area (Å²) >= 11 is 0. The van der Waals surface area contributed by atoms with Gasteiger partial charge in [-0.1, -0.05) is 29.8 Å². The second-order valence-electron chi connectivity index (χ2n) is 6.57. The number of hydrogen-bond donors (Lipinski definition) is 1. The van der Waals surface area contributed by atoms with Crippen molar-refractivity contribution < 1.29 is 21.9 Å². The van der Waals surface area contributed by atoms with Gasteiger partial charge in [0.2, 0.25) is 10.0 Å². The quantitative estimate of drug-likeness (QED) is 0.816. The van der Waals surface area contributed by atoms with Crippen molar-refractivity contribution in [2.75, 3.05) is 32.8 Å². The van der Waals surface area contributed by atoms with E-state index in [0.29, 0.717) is 38.9 Å². The van der Waals surface area contributed by atoms with Crippen LogP contribution in [0.15, 0.2) is 47.4 Å². The van der Waals surface area contributed by atoms with Gasteiger partial charge >= 0.3 is 0 Å². The van der Waals surface area contributed by atoms with Gasteiger partial charge in [-0.3, -0.25) is 4.90 Å². The molecule has 0 aromatic heterocycles. The summed E-state index contributed by atoms with van der Waals surface area (Å²) in [7, 11) is -4.17. The van der Waals surface area contributed by atoms with Crippen LogP contribution in [0.4, 0.5) is 8.78 Å². The normalized spacial score (nSPS) is 17.0. The molecule has 3 rings (SSSR count). The summed E-state index contributed by atoms with van der Waals surface area (Å²) in [6.45, 7) is 4.91. The first-order valence-electron chi connectivity index (χ1n) is 8.69. The van der Waals surface area contributed by atoms with Crippen LogP contribution in [-0.4, -0.2) is 46.2 Å². The number of rotatable bonds is 6. The lowest BCUT2D eigenvalue weighted by molar-refractivity contribution is 0.0345. The number of sulfonamides is 1. The molecule has 0 amide bonds. The number of nitrogens with zero attached hydrogens (tertiary/aromatic N) is 1.